The summed E-state index contributed by atoms with van der Waals surface area (Å²) in [5.74, 6) is -1.89. The van der Waals surface area contributed by atoms with Gasteiger partial charge in [-0.3, -0.25) is 4.79 Å². The molecule has 1 amide bonds. The maximum Gasteiger partial charge on any atom is 0.326 e. The Morgan fingerprint density at radius 1 is 1.22 bits per heavy atom. The average molecular weight is 317 g/mol. The van der Waals surface area contributed by atoms with Crippen LogP contribution < -0.4 is 0 Å². The van der Waals surface area contributed by atoms with Gasteiger partial charge in [0.2, 0.25) is 0 Å². The maximum atomic E-state index is 13.8. The van der Waals surface area contributed by atoms with Crippen LogP contribution in [0.15, 0.2) is 36.5 Å². The molecule has 0 aliphatic carbocycles. The summed E-state index contributed by atoms with van der Waals surface area (Å²) in [4.78, 5) is 25.2. The number of likely N-dealkylation sites (tertiary alicyclic amines) is 1. The summed E-state index contributed by atoms with van der Waals surface area (Å²) >= 11 is 0. The van der Waals surface area contributed by atoms with Crippen LogP contribution in [-0.2, 0) is 4.79 Å². The number of carbonyl (C=O) groups excluding carboxylic acids is 1. The van der Waals surface area contributed by atoms with E-state index in [0.29, 0.717) is 13.0 Å². The summed E-state index contributed by atoms with van der Waals surface area (Å²) < 4.78 is 15.1. The molecule has 3 rings (SSSR count). The van der Waals surface area contributed by atoms with Crippen LogP contribution in [0.3, 0.4) is 0 Å². The second kappa shape index (κ2) is 6.20. The number of carbonyl (C=O) groups is 2. The van der Waals surface area contributed by atoms with Gasteiger partial charge in [-0.15, -0.1) is 0 Å². The number of hydrogen-bond acceptors (Lipinski definition) is 3. The molecule has 0 radical (unpaired) electrons. The molecule has 1 N–H and O–H groups in total. The molecule has 0 bridgehead atoms. The van der Waals surface area contributed by atoms with Gasteiger partial charge < -0.3 is 10.0 Å². The zero-order valence-corrected chi connectivity index (χ0v) is 12.4. The molecule has 2 heterocycles. The molecule has 1 atom stereocenters. The van der Waals surface area contributed by atoms with E-state index in [0.717, 1.165) is 12.8 Å². The van der Waals surface area contributed by atoms with Gasteiger partial charge >= 0.3 is 5.97 Å². The molecule has 1 aliphatic heterocycles. The third-order valence-corrected chi connectivity index (χ3v) is 3.96. The fraction of sp³-hybridized carbons (Fsp3) is 0.312. The van der Waals surface area contributed by atoms with E-state index >= 15 is 0 Å². The number of nitrogens with zero attached hydrogens (tertiary/aromatic N) is 3. The number of halogens is 1. The highest BCUT2D eigenvalue weighted by molar-refractivity contribution is 5.95. The normalized spacial score (nSPS) is 18.0. The van der Waals surface area contributed by atoms with E-state index in [1.807, 2.05) is 0 Å². The first-order chi connectivity index (χ1) is 11.1. The van der Waals surface area contributed by atoms with E-state index in [-0.39, 0.29) is 11.4 Å². The molecule has 0 spiro atoms. The van der Waals surface area contributed by atoms with Crippen molar-refractivity contribution >= 4 is 11.9 Å². The highest BCUT2D eigenvalue weighted by Gasteiger charge is 2.33. The van der Waals surface area contributed by atoms with E-state index < -0.39 is 23.7 Å². The van der Waals surface area contributed by atoms with E-state index in [2.05, 4.69) is 5.10 Å². The molecular weight excluding hydrogens is 301 g/mol. The van der Waals surface area contributed by atoms with Crippen molar-refractivity contribution in [3.63, 3.8) is 0 Å². The van der Waals surface area contributed by atoms with Gasteiger partial charge in [0.05, 0.1) is 0 Å². The van der Waals surface area contributed by atoms with Gasteiger partial charge in [0.15, 0.2) is 5.69 Å². The van der Waals surface area contributed by atoms with Gasteiger partial charge in [0.25, 0.3) is 5.91 Å². The van der Waals surface area contributed by atoms with Crippen molar-refractivity contribution in [1.82, 2.24) is 14.7 Å². The second-order valence-electron chi connectivity index (χ2n) is 5.45. The van der Waals surface area contributed by atoms with Crippen LogP contribution in [0, 0.1) is 5.82 Å². The smallest absolute Gasteiger partial charge is 0.326 e. The monoisotopic (exact) mass is 317 g/mol. The molecule has 120 valence electrons. The first-order valence-electron chi connectivity index (χ1n) is 7.42. The van der Waals surface area contributed by atoms with E-state index in [1.54, 1.807) is 18.2 Å². The summed E-state index contributed by atoms with van der Waals surface area (Å²) in [5, 5.41) is 13.4. The number of aliphatic carboxylic acids is 1. The standard InChI is InChI=1S/C16H16FN3O3/c17-11-5-1-2-6-13(11)20-10-8-12(18-20)15(21)19-9-4-3-7-14(19)16(22)23/h1-2,5-6,8,10,14H,3-4,7,9H2,(H,22,23)/t14-/m1/s1. The molecule has 1 aromatic carbocycles. The molecule has 0 unspecified atom stereocenters. The summed E-state index contributed by atoms with van der Waals surface area (Å²) in [7, 11) is 0. The molecule has 0 saturated carbocycles. The third kappa shape index (κ3) is 2.94. The Morgan fingerprint density at radius 2 is 2.00 bits per heavy atom. The quantitative estimate of drug-likeness (QED) is 0.940. The molecule has 1 saturated heterocycles. The average Bonchev–Trinajstić information content (AvgIpc) is 3.04. The predicted molar refractivity (Wildman–Crippen MR) is 79.8 cm³/mol. The molecular formula is C16H16FN3O3. The summed E-state index contributed by atoms with van der Waals surface area (Å²) in [6, 6.07) is 6.75. The van der Waals surface area contributed by atoms with Crippen LogP contribution in [0.4, 0.5) is 4.39 Å². The number of para-hydroxylation sites is 1. The topological polar surface area (TPSA) is 75.4 Å². The van der Waals surface area contributed by atoms with Crippen LogP contribution >= 0.6 is 0 Å². The minimum atomic E-state index is -1.01. The first kappa shape index (κ1) is 15.2. The molecule has 6 nitrogen and oxygen atoms in total. The molecule has 7 heteroatoms. The lowest BCUT2D eigenvalue weighted by atomic mass is 10.0. The fourth-order valence-corrected chi connectivity index (χ4v) is 2.79. The van der Waals surface area contributed by atoms with Crippen molar-refractivity contribution in [3.8, 4) is 5.69 Å². The number of carboxylic acids is 1. The maximum absolute atomic E-state index is 13.8. The molecule has 1 aliphatic rings. The number of benzene rings is 1. The van der Waals surface area contributed by atoms with Gasteiger partial charge in [-0.05, 0) is 37.5 Å². The minimum Gasteiger partial charge on any atom is -0.480 e. The van der Waals surface area contributed by atoms with Crippen molar-refractivity contribution in [2.24, 2.45) is 0 Å². The van der Waals surface area contributed by atoms with Crippen LogP contribution in [0.1, 0.15) is 29.8 Å². The van der Waals surface area contributed by atoms with Crippen LogP contribution in [0.25, 0.3) is 5.69 Å². The lowest BCUT2D eigenvalue weighted by molar-refractivity contribution is -0.143. The Balaban J connectivity index is 1.86. The minimum absolute atomic E-state index is 0.112. The molecule has 1 fully saturated rings. The number of rotatable bonds is 3. The third-order valence-electron chi connectivity index (χ3n) is 3.96. The Labute approximate surface area is 132 Å². The Hall–Kier alpha value is -2.70. The van der Waals surface area contributed by atoms with E-state index in [1.165, 1.54) is 27.9 Å². The zero-order chi connectivity index (χ0) is 16.4. The Kier molecular flexibility index (Phi) is 4.10. The van der Waals surface area contributed by atoms with Crippen molar-refractivity contribution in [2.45, 2.75) is 25.3 Å². The summed E-state index contributed by atoms with van der Waals surface area (Å²) in [5.41, 5.74) is 0.349. The van der Waals surface area contributed by atoms with Crippen molar-refractivity contribution in [1.29, 1.82) is 0 Å². The summed E-state index contributed by atoms with van der Waals surface area (Å²) in [6.45, 7) is 0.391. The zero-order valence-electron chi connectivity index (χ0n) is 12.4. The number of amides is 1. The van der Waals surface area contributed by atoms with Crippen LogP contribution in [0.2, 0.25) is 0 Å². The molecule has 1 aromatic heterocycles. The van der Waals surface area contributed by atoms with Crippen molar-refractivity contribution < 1.29 is 19.1 Å². The van der Waals surface area contributed by atoms with E-state index in [9.17, 15) is 19.1 Å². The lowest BCUT2D eigenvalue weighted by Crippen LogP contribution is -2.48. The van der Waals surface area contributed by atoms with Crippen LogP contribution in [-0.4, -0.2) is 44.3 Å². The Morgan fingerprint density at radius 3 is 2.74 bits per heavy atom. The molecule has 23 heavy (non-hydrogen) atoms. The fourth-order valence-electron chi connectivity index (χ4n) is 2.79. The van der Waals surface area contributed by atoms with Crippen molar-refractivity contribution in [2.75, 3.05) is 6.54 Å². The number of piperidine rings is 1. The predicted octanol–water partition coefficient (Wildman–Crippen LogP) is 2.09. The summed E-state index contributed by atoms with van der Waals surface area (Å²) in [6.07, 6.45) is 3.48. The van der Waals surface area contributed by atoms with E-state index in [4.69, 9.17) is 0 Å². The first-order valence-corrected chi connectivity index (χ1v) is 7.42. The van der Waals surface area contributed by atoms with Gasteiger partial charge in [-0.1, -0.05) is 12.1 Å². The largest absolute Gasteiger partial charge is 0.480 e. The highest BCUT2D eigenvalue weighted by atomic mass is 19.1. The lowest BCUT2D eigenvalue weighted by Gasteiger charge is -2.32. The van der Waals surface area contributed by atoms with Gasteiger partial charge in [-0.25, -0.2) is 13.9 Å². The highest BCUT2D eigenvalue weighted by Crippen LogP contribution is 2.20. The number of hydrogen-bond donors (Lipinski definition) is 1. The van der Waals surface area contributed by atoms with Crippen LogP contribution in [0.5, 0.6) is 0 Å². The van der Waals surface area contributed by atoms with Gasteiger partial charge in [-0.2, -0.15) is 5.10 Å². The second-order valence-corrected chi connectivity index (χ2v) is 5.45. The molecule has 2 aromatic rings. The van der Waals surface area contributed by atoms with Crippen molar-refractivity contribution in [3.05, 3.63) is 48.0 Å². The Bertz CT molecular complexity index is 744. The number of carboxylic acid groups (broad SMARTS) is 1. The van der Waals surface area contributed by atoms with Gasteiger partial charge in [0.1, 0.15) is 17.5 Å². The SMILES string of the molecule is O=C(O)[C@H]1CCCCN1C(=O)c1ccn(-c2ccccc2F)n1. The number of aromatic nitrogens is 2. The van der Waals surface area contributed by atoms with Gasteiger partial charge in [0, 0.05) is 12.7 Å².